The number of ether oxygens (including phenoxy) is 1. The van der Waals surface area contributed by atoms with Gasteiger partial charge in [-0.3, -0.25) is 0 Å². The van der Waals surface area contributed by atoms with Crippen LogP contribution in [0.1, 0.15) is 49.2 Å². The molecule has 3 nitrogen and oxygen atoms in total. The fourth-order valence-electron chi connectivity index (χ4n) is 2.34. The second kappa shape index (κ2) is 5.94. The third-order valence-corrected chi connectivity index (χ3v) is 4.57. The Kier molecular flexibility index (Phi) is 4.54. The highest BCUT2D eigenvalue weighted by molar-refractivity contribution is 7.09. The van der Waals surface area contributed by atoms with E-state index in [0.29, 0.717) is 24.3 Å². The van der Waals surface area contributed by atoms with Crippen LogP contribution in [0.25, 0.3) is 0 Å². The monoisotopic (exact) mass is 254 g/mol. The number of nitrogens with two attached hydrogens (primary N) is 1. The molecule has 1 aromatic rings. The van der Waals surface area contributed by atoms with Crippen molar-refractivity contribution in [1.29, 1.82) is 0 Å². The summed E-state index contributed by atoms with van der Waals surface area (Å²) < 4.78 is 5.39. The average Bonchev–Trinajstić information content (AvgIpc) is 2.80. The Morgan fingerprint density at radius 1 is 1.47 bits per heavy atom. The third kappa shape index (κ3) is 3.06. The first-order valence-electron chi connectivity index (χ1n) is 6.45. The summed E-state index contributed by atoms with van der Waals surface area (Å²) in [6, 6.07) is 0. The first kappa shape index (κ1) is 13.0. The normalized spacial score (nSPS) is 19.8. The second-order valence-electron chi connectivity index (χ2n) is 5.08. The van der Waals surface area contributed by atoms with E-state index < -0.39 is 0 Å². The van der Waals surface area contributed by atoms with Crippen LogP contribution in [0.5, 0.6) is 0 Å². The number of hydrogen-bond donors (Lipinski definition) is 1. The Labute approximate surface area is 107 Å². The Bertz CT molecular complexity index is 345. The first-order chi connectivity index (χ1) is 8.22. The maximum absolute atomic E-state index is 5.84. The third-order valence-electron chi connectivity index (χ3n) is 3.55. The van der Waals surface area contributed by atoms with E-state index in [9.17, 15) is 0 Å². The highest BCUT2D eigenvalue weighted by Gasteiger charge is 2.22. The first-order valence-corrected chi connectivity index (χ1v) is 7.33. The van der Waals surface area contributed by atoms with Crippen molar-refractivity contribution >= 4 is 11.3 Å². The number of hydrogen-bond acceptors (Lipinski definition) is 4. The predicted molar refractivity (Wildman–Crippen MR) is 71.5 cm³/mol. The molecule has 0 radical (unpaired) electrons. The zero-order valence-corrected chi connectivity index (χ0v) is 11.5. The van der Waals surface area contributed by atoms with Gasteiger partial charge in [-0.1, -0.05) is 13.8 Å². The molecule has 2 heterocycles. The maximum atomic E-state index is 5.84. The lowest BCUT2D eigenvalue weighted by Crippen LogP contribution is -2.18. The van der Waals surface area contributed by atoms with Gasteiger partial charge in [0, 0.05) is 37.0 Å². The Morgan fingerprint density at radius 3 is 2.76 bits per heavy atom. The van der Waals surface area contributed by atoms with Crippen LogP contribution in [0.4, 0.5) is 0 Å². The average molecular weight is 254 g/mol. The summed E-state index contributed by atoms with van der Waals surface area (Å²) in [5.74, 6) is 1.57. The van der Waals surface area contributed by atoms with E-state index in [-0.39, 0.29) is 0 Å². The minimum Gasteiger partial charge on any atom is -0.381 e. The van der Waals surface area contributed by atoms with Crippen LogP contribution >= 0.6 is 11.3 Å². The summed E-state index contributed by atoms with van der Waals surface area (Å²) >= 11 is 1.79. The van der Waals surface area contributed by atoms with E-state index in [2.05, 4.69) is 19.2 Å². The Morgan fingerprint density at radius 2 is 2.18 bits per heavy atom. The molecule has 0 amide bonds. The van der Waals surface area contributed by atoms with Crippen molar-refractivity contribution in [2.45, 2.75) is 38.5 Å². The molecule has 0 aromatic carbocycles. The molecule has 1 aliphatic heterocycles. The van der Waals surface area contributed by atoms with Gasteiger partial charge in [-0.25, -0.2) is 4.98 Å². The molecular formula is C13H22N2OS. The van der Waals surface area contributed by atoms with Crippen LogP contribution in [0.15, 0.2) is 5.38 Å². The van der Waals surface area contributed by atoms with E-state index in [1.807, 2.05) is 0 Å². The standard InChI is InChI=1S/C13H22N2OS/c1-9(2)11(7-14)12-8-17-13(15-12)10-3-5-16-6-4-10/h8-11H,3-7,14H2,1-2H3. The van der Waals surface area contributed by atoms with Gasteiger partial charge in [0.25, 0.3) is 0 Å². The molecule has 2 rings (SSSR count). The molecule has 0 spiro atoms. The molecule has 1 saturated heterocycles. The van der Waals surface area contributed by atoms with Crippen molar-refractivity contribution in [2.75, 3.05) is 19.8 Å². The fraction of sp³-hybridized carbons (Fsp3) is 0.769. The highest BCUT2D eigenvalue weighted by Crippen LogP contribution is 2.32. The Hall–Kier alpha value is -0.450. The molecule has 0 aliphatic carbocycles. The zero-order chi connectivity index (χ0) is 12.3. The van der Waals surface area contributed by atoms with Gasteiger partial charge in [0.1, 0.15) is 0 Å². The minimum absolute atomic E-state index is 0.403. The van der Waals surface area contributed by atoms with E-state index in [1.54, 1.807) is 11.3 Å². The molecule has 1 aromatic heterocycles. The molecule has 1 fully saturated rings. The molecule has 1 unspecified atom stereocenters. The SMILES string of the molecule is CC(C)C(CN)c1csc(C2CCOCC2)n1. The van der Waals surface area contributed by atoms with Gasteiger partial charge in [-0.2, -0.15) is 0 Å². The van der Waals surface area contributed by atoms with Crippen molar-refractivity contribution in [1.82, 2.24) is 4.98 Å². The summed E-state index contributed by atoms with van der Waals surface area (Å²) in [4.78, 5) is 4.81. The van der Waals surface area contributed by atoms with Gasteiger partial charge in [-0.05, 0) is 18.8 Å². The molecule has 0 bridgehead atoms. The molecule has 96 valence electrons. The summed E-state index contributed by atoms with van der Waals surface area (Å²) in [5.41, 5.74) is 7.03. The maximum Gasteiger partial charge on any atom is 0.0961 e. The van der Waals surface area contributed by atoms with Crippen LogP contribution in [0.2, 0.25) is 0 Å². The molecule has 2 N–H and O–H groups in total. The summed E-state index contributed by atoms with van der Waals surface area (Å²) in [6.45, 7) is 6.87. The molecule has 17 heavy (non-hydrogen) atoms. The van der Waals surface area contributed by atoms with E-state index in [0.717, 1.165) is 26.1 Å². The van der Waals surface area contributed by atoms with Crippen LogP contribution < -0.4 is 5.73 Å². The Balaban J connectivity index is 2.08. The van der Waals surface area contributed by atoms with E-state index >= 15 is 0 Å². The van der Waals surface area contributed by atoms with Crippen molar-refractivity contribution in [2.24, 2.45) is 11.7 Å². The van der Waals surface area contributed by atoms with Crippen LogP contribution in [0.3, 0.4) is 0 Å². The summed E-state index contributed by atoms with van der Waals surface area (Å²) in [5, 5.41) is 3.48. The fourth-order valence-corrected chi connectivity index (χ4v) is 3.39. The number of nitrogens with zero attached hydrogens (tertiary/aromatic N) is 1. The molecular weight excluding hydrogens is 232 g/mol. The van der Waals surface area contributed by atoms with E-state index in [1.165, 1.54) is 10.7 Å². The summed E-state index contributed by atoms with van der Waals surface area (Å²) in [6.07, 6.45) is 2.23. The van der Waals surface area contributed by atoms with Crippen LogP contribution in [0, 0.1) is 5.92 Å². The topological polar surface area (TPSA) is 48.1 Å². The number of aromatic nitrogens is 1. The van der Waals surface area contributed by atoms with Gasteiger partial charge < -0.3 is 10.5 Å². The van der Waals surface area contributed by atoms with Crippen molar-refractivity contribution in [3.8, 4) is 0 Å². The zero-order valence-electron chi connectivity index (χ0n) is 10.7. The molecule has 4 heteroatoms. The largest absolute Gasteiger partial charge is 0.381 e. The molecule has 0 saturated carbocycles. The minimum atomic E-state index is 0.403. The second-order valence-corrected chi connectivity index (χ2v) is 5.97. The van der Waals surface area contributed by atoms with Crippen LogP contribution in [-0.4, -0.2) is 24.7 Å². The van der Waals surface area contributed by atoms with E-state index in [4.69, 9.17) is 15.5 Å². The van der Waals surface area contributed by atoms with Gasteiger partial charge in [0.2, 0.25) is 0 Å². The van der Waals surface area contributed by atoms with Crippen molar-refractivity contribution < 1.29 is 4.74 Å². The molecule has 1 atom stereocenters. The van der Waals surface area contributed by atoms with Gasteiger partial charge >= 0.3 is 0 Å². The molecule has 1 aliphatic rings. The van der Waals surface area contributed by atoms with Crippen molar-refractivity contribution in [3.63, 3.8) is 0 Å². The van der Waals surface area contributed by atoms with Gasteiger partial charge in [0.05, 0.1) is 10.7 Å². The smallest absolute Gasteiger partial charge is 0.0961 e. The van der Waals surface area contributed by atoms with Crippen LogP contribution in [-0.2, 0) is 4.74 Å². The highest BCUT2D eigenvalue weighted by atomic mass is 32.1. The lowest BCUT2D eigenvalue weighted by molar-refractivity contribution is 0.0852. The number of thiazole rings is 1. The van der Waals surface area contributed by atoms with Gasteiger partial charge in [0.15, 0.2) is 0 Å². The lowest BCUT2D eigenvalue weighted by Gasteiger charge is -2.20. The predicted octanol–water partition coefficient (Wildman–Crippen LogP) is 2.74. The number of rotatable bonds is 4. The summed E-state index contributed by atoms with van der Waals surface area (Å²) in [7, 11) is 0. The van der Waals surface area contributed by atoms with Crippen molar-refractivity contribution in [3.05, 3.63) is 16.1 Å². The lowest BCUT2D eigenvalue weighted by atomic mass is 9.93. The quantitative estimate of drug-likeness (QED) is 0.898. The van der Waals surface area contributed by atoms with Gasteiger partial charge in [-0.15, -0.1) is 11.3 Å².